The van der Waals surface area contributed by atoms with Gasteiger partial charge in [-0.05, 0) is 23.6 Å². The number of ether oxygens (including phenoxy) is 2. The van der Waals surface area contributed by atoms with Gasteiger partial charge in [0.15, 0.2) is 5.75 Å². The molecule has 0 radical (unpaired) electrons. The van der Waals surface area contributed by atoms with Gasteiger partial charge >= 0.3 is 5.69 Å². The smallest absolute Gasteiger partial charge is 0.310 e. The molecule has 1 aliphatic heterocycles. The predicted octanol–water partition coefficient (Wildman–Crippen LogP) is 2.24. The Bertz CT molecular complexity index is 752. The highest BCUT2D eigenvalue weighted by Crippen LogP contribution is 2.27. The molecule has 0 bridgehead atoms. The highest BCUT2D eigenvalue weighted by molar-refractivity contribution is 5.45. The molecule has 2 N–H and O–H groups in total. The second kappa shape index (κ2) is 8.75. The van der Waals surface area contributed by atoms with Crippen LogP contribution in [0.2, 0.25) is 0 Å². The molecule has 3 rings (SSSR count). The van der Waals surface area contributed by atoms with Crippen LogP contribution in [-0.4, -0.2) is 42.4 Å². The second-order valence-corrected chi connectivity index (χ2v) is 6.16. The van der Waals surface area contributed by atoms with Crippen LogP contribution in [0.1, 0.15) is 17.2 Å². The number of aliphatic hydroxyl groups excluding tert-OH is 1. The van der Waals surface area contributed by atoms with Crippen LogP contribution in [0.5, 0.6) is 5.75 Å². The maximum atomic E-state index is 11.0. The molecule has 138 valence electrons. The van der Waals surface area contributed by atoms with Crippen LogP contribution in [0, 0.1) is 10.1 Å². The summed E-state index contributed by atoms with van der Waals surface area (Å²) in [6.45, 7) is 1.55. The monoisotopic (exact) mass is 358 g/mol. The van der Waals surface area contributed by atoms with E-state index in [0.29, 0.717) is 19.7 Å². The Balaban J connectivity index is 1.46. The van der Waals surface area contributed by atoms with Crippen LogP contribution < -0.4 is 10.1 Å². The van der Waals surface area contributed by atoms with E-state index in [9.17, 15) is 15.2 Å². The molecule has 1 heterocycles. The fourth-order valence-corrected chi connectivity index (χ4v) is 3.00. The molecule has 26 heavy (non-hydrogen) atoms. The molecule has 2 unspecified atom stereocenters. The molecular formula is C19H22N2O5. The summed E-state index contributed by atoms with van der Waals surface area (Å²) in [5, 5.41) is 24.2. The second-order valence-electron chi connectivity index (χ2n) is 6.16. The molecule has 0 saturated heterocycles. The number of para-hydroxylation sites is 2. The minimum absolute atomic E-state index is 0.0278. The average Bonchev–Trinajstić information content (AvgIpc) is 2.66. The highest BCUT2D eigenvalue weighted by Gasteiger charge is 2.20. The molecular weight excluding hydrogens is 336 g/mol. The summed E-state index contributed by atoms with van der Waals surface area (Å²) in [6, 6.07) is 14.3. The number of nitrogens with one attached hydrogen (secondary N) is 1. The summed E-state index contributed by atoms with van der Waals surface area (Å²) < 4.78 is 11.2. The summed E-state index contributed by atoms with van der Waals surface area (Å²) in [7, 11) is 0. The average molecular weight is 358 g/mol. The van der Waals surface area contributed by atoms with Gasteiger partial charge in [0.1, 0.15) is 12.7 Å². The summed E-state index contributed by atoms with van der Waals surface area (Å²) in [6.07, 6.45) is 0.0934. The zero-order valence-corrected chi connectivity index (χ0v) is 14.3. The molecule has 7 heteroatoms. The normalized spacial score (nSPS) is 17.3. The lowest BCUT2D eigenvalue weighted by Gasteiger charge is -2.26. The van der Waals surface area contributed by atoms with Crippen molar-refractivity contribution in [1.82, 2.24) is 5.32 Å². The fraction of sp³-hybridized carbons (Fsp3) is 0.368. The molecule has 1 aliphatic rings. The molecule has 0 aliphatic carbocycles. The lowest BCUT2D eigenvalue weighted by atomic mass is 9.97. The number of aliphatic hydroxyl groups is 1. The number of nitrogens with zero attached hydrogens (tertiary/aromatic N) is 1. The Morgan fingerprint density at radius 2 is 2.04 bits per heavy atom. The Kier molecular flexibility index (Phi) is 6.17. The largest absolute Gasteiger partial charge is 0.484 e. The van der Waals surface area contributed by atoms with Crippen molar-refractivity contribution >= 4 is 5.69 Å². The zero-order chi connectivity index (χ0) is 18.4. The molecule has 0 saturated carbocycles. The maximum absolute atomic E-state index is 11.0. The van der Waals surface area contributed by atoms with E-state index in [-0.39, 0.29) is 24.1 Å². The van der Waals surface area contributed by atoms with E-state index in [1.54, 1.807) is 12.1 Å². The zero-order valence-electron chi connectivity index (χ0n) is 14.3. The van der Waals surface area contributed by atoms with Crippen LogP contribution in [0.25, 0.3) is 0 Å². The first-order chi connectivity index (χ1) is 12.6. The Morgan fingerprint density at radius 3 is 2.88 bits per heavy atom. The first-order valence-electron chi connectivity index (χ1n) is 8.59. The summed E-state index contributed by atoms with van der Waals surface area (Å²) in [5.74, 6) is 0.154. The number of nitro groups is 1. The van der Waals surface area contributed by atoms with Gasteiger partial charge in [-0.1, -0.05) is 36.4 Å². The van der Waals surface area contributed by atoms with E-state index < -0.39 is 11.0 Å². The topological polar surface area (TPSA) is 93.9 Å². The molecule has 2 aromatic carbocycles. The SMILES string of the molecule is O=[N+]([O-])c1ccccc1OCC(O)CNCC1OCCc2ccccc21. The molecule has 0 fully saturated rings. The number of fused-ring (bicyclic) bond motifs is 1. The van der Waals surface area contributed by atoms with Crippen molar-refractivity contribution in [3.05, 3.63) is 69.8 Å². The molecule has 0 amide bonds. The van der Waals surface area contributed by atoms with E-state index in [1.807, 2.05) is 12.1 Å². The number of hydrogen-bond acceptors (Lipinski definition) is 6. The first kappa shape index (κ1) is 18.3. The molecule has 0 aromatic heterocycles. The van der Waals surface area contributed by atoms with Gasteiger partial charge in [0.25, 0.3) is 0 Å². The van der Waals surface area contributed by atoms with Gasteiger partial charge < -0.3 is 19.9 Å². The van der Waals surface area contributed by atoms with Gasteiger partial charge in [-0.25, -0.2) is 0 Å². The van der Waals surface area contributed by atoms with Crippen LogP contribution in [-0.2, 0) is 11.2 Å². The number of rotatable bonds is 8. The first-order valence-corrected chi connectivity index (χ1v) is 8.59. The van der Waals surface area contributed by atoms with E-state index in [4.69, 9.17) is 9.47 Å². The lowest BCUT2D eigenvalue weighted by molar-refractivity contribution is -0.385. The minimum atomic E-state index is -0.784. The summed E-state index contributed by atoms with van der Waals surface area (Å²) in [4.78, 5) is 10.4. The Morgan fingerprint density at radius 1 is 1.27 bits per heavy atom. The van der Waals surface area contributed by atoms with Crippen molar-refractivity contribution in [3.63, 3.8) is 0 Å². The van der Waals surface area contributed by atoms with E-state index in [1.165, 1.54) is 23.3 Å². The fourth-order valence-electron chi connectivity index (χ4n) is 3.00. The van der Waals surface area contributed by atoms with Crippen molar-refractivity contribution in [2.24, 2.45) is 0 Å². The van der Waals surface area contributed by atoms with Crippen LogP contribution >= 0.6 is 0 Å². The van der Waals surface area contributed by atoms with E-state index >= 15 is 0 Å². The highest BCUT2D eigenvalue weighted by atomic mass is 16.6. The number of hydrogen-bond donors (Lipinski definition) is 2. The standard InChI is InChI=1S/C19H22N2O5/c22-15(13-26-18-8-4-3-7-17(18)21(23)24)11-20-12-19-16-6-2-1-5-14(16)9-10-25-19/h1-8,15,19-20,22H,9-13H2. The summed E-state index contributed by atoms with van der Waals surface area (Å²) in [5.41, 5.74) is 2.36. The Labute approximate surface area is 151 Å². The summed E-state index contributed by atoms with van der Waals surface area (Å²) >= 11 is 0. The van der Waals surface area contributed by atoms with Gasteiger partial charge in [0.05, 0.1) is 17.6 Å². The predicted molar refractivity (Wildman–Crippen MR) is 96.3 cm³/mol. The molecule has 0 spiro atoms. The third-order valence-electron chi connectivity index (χ3n) is 4.30. The lowest BCUT2D eigenvalue weighted by Crippen LogP contribution is -2.35. The van der Waals surface area contributed by atoms with Crippen LogP contribution in [0.3, 0.4) is 0 Å². The van der Waals surface area contributed by atoms with E-state index in [2.05, 4.69) is 17.4 Å². The third-order valence-corrected chi connectivity index (χ3v) is 4.30. The van der Waals surface area contributed by atoms with Crippen LogP contribution in [0.4, 0.5) is 5.69 Å². The molecule has 2 aromatic rings. The van der Waals surface area contributed by atoms with Gasteiger partial charge in [0, 0.05) is 19.2 Å². The van der Waals surface area contributed by atoms with Crippen molar-refractivity contribution < 1.29 is 19.5 Å². The van der Waals surface area contributed by atoms with Gasteiger partial charge in [-0.2, -0.15) is 0 Å². The van der Waals surface area contributed by atoms with Crippen LogP contribution in [0.15, 0.2) is 48.5 Å². The maximum Gasteiger partial charge on any atom is 0.310 e. The van der Waals surface area contributed by atoms with E-state index in [0.717, 1.165) is 6.42 Å². The molecule has 2 atom stereocenters. The van der Waals surface area contributed by atoms with Crippen molar-refractivity contribution in [3.8, 4) is 5.75 Å². The Hall–Kier alpha value is -2.48. The van der Waals surface area contributed by atoms with Gasteiger partial charge in [0.2, 0.25) is 0 Å². The third kappa shape index (κ3) is 4.57. The van der Waals surface area contributed by atoms with Gasteiger partial charge in [-0.3, -0.25) is 10.1 Å². The molecule has 7 nitrogen and oxygen atoms in total. The van der Waals surface area contributed by atoms with Gasteiger partial charge in [-0.15, -0.1) is 0 Å². The van der Waals surface area contributed by atoms with Crippen molar-refractivity contribution in [2.45, 2.75) is 18.6 Å². The van der Waals surface area contributed by atoms with Crippen molar-refractivity contribution in [1.29, 1.82) is 0 Å². The minimum Gasteiger partial charge on any atom is -0.484 e. The van der Waals surface area contributed by atoms with Crippen molar-refractivity contribution in [2.75, 3.05) is 26.3 Å². The number of nitro benzene ring substituents is 1. The number of benzene rings is 2. The quantitative estimate of drug-likeness (QED) is 0.555.